The van der Waals surface area contributed by atoms with E-state index >= 15 is 0 Å². The van der Waals surface area contributed by atoms with Gasteiger partial charge in [-0.2, -0.15) is 0 Å². The molecule has 2 aliphatic rings. The van der Waals surface area contributed by atoms with Crippen LogP contribution in [-0.4, -0.2) is 49.2 Å². The molecule has 2 fully saturated rings. The number of halogens is 2. The number of ether oxygens (including phenoxy) is 4. The Morgan fingerprint density at radius 2 is 2.16 bits per heavy atom. The van der Waals surface area contributed by atoms with E-state index in [2.05, 4.69) is 10.0 Å². The highest BCUT2D eigenvalue weighted by atomic mass is 35.5. The van der Waals surface area contributed by atoms with Crippen LogP contribution in [0.3, 0.4) is 0 Å². The fourth-order valence-electron chi connectivity index (χ4n) is 2.83. The summed E-state index contributed by atoms with van der Waals surface area (Å²) < 4.78 is 36.0. The van der Waals surface area contributed by atoms with Gasteiger partial charge in [0.2, 0.25) is 6.36 Å². The van der Waals surface area contributed by atoms with Crippen molar-refractivity contribution in [3.05, 3.63) is 46.3 Å². The normalized spacial score (nSPS) is 34.5. The molecule has 2 saturated heterocycles. The van der Waals surface area contributed by atoms with Gasteiger partial charge in [-0.3, -0.25) is 4.79 Å². The summed E-state index contributed by atoms with van der Waals surface area (Å²) in [5.41, 5.74) is 9.42. The van der Waals surface area contributed by atoms with Crippen LogP contribution in [0.15, 0.2) is 35.4 Å². The van der Waals surface area contributed by atoms with Crippen molar-refractivity contribution < 1.29 is 28.1 Å². The molecular weight excluding hydrogens is 357 g/mol. The summed E-state index contributed by atoms with van der Waals surface area (Å²) in [6.45, 7) is 0.0303. The van der Waals surface area contributed by atoms with E-state index in [1.807, 2.05) is 18.2 Å². The summed E-state index contributed by atoms with van der Waals surface area (Å²) in [6.07, 6.45) is -5.55. The first kappa shape index (κ1) is 17.9. The molecule has 25 heavy (non-hydrogen) atoms. The zero-order valence-electron chi connectivity index (χ0n) is 12.9. The smallest absolute Gasteiger partial charge is 0.321 e. The molecular formula is C15H15ClFN3O5. The molecule has 134 valence electrons. The quantitative estimate of drug-likeness (QED) is 0.266. The lowest BCUT2D eigenvalue weighted by Gasteiger charge is -2.45. The lowest BCUT2D eigenvalue weighted by Crippen LogP contribution is -2.61. The highest BCUT2D eigenvalue weighted by Gasteiger charge is 2.52. The zero-order valence-corrected chi connectivity index (χ0v) is 13.7. The SMILES string of the molecule is [N-]=[N+]=N[C@@H]1[C@@H](OC(=O)CCl)[C@H]2O[C@@H](c3ccccc3)OC[C@H]2O[C@@H]1F. The predicted molar refractivity (Wildman–Crippen MR) is 83.3 cm³/mol. The molecule has 0 aromatic heterocycles. The van der Waals surface area contributed by atoms with E-state index in [0.29, 0.717) is 0 Å². The number of esters is 1. The highest BCUT2D eigenvalue weighted by Crippen LogP contribution is 2.36. The van der Waals surface area contributed by atoms with Crippen LogP contribution in [0.1, 0.15) is 11.9 Å². The van der Waals surface area contributed by atoms with Crippen LogP contribution >= 0.6 is 11.6 Å². The minimum atomic E-state index is -1.95. The second kappa shape index (κ2) is 7.99. The van der Waals surface area contributed by atoms with Gasteiger partial charge in [-0.25, -0.2) is 4.39 Å². The molecule has 2 aliphatic heterocycles. The second-order valence-corrected chi connectivity index (χ2v) is 5.75. The lowest BCUT2D eigenvalue weighted by atomic mass is 9.96. The van der Waals surface area contributed by atoms with Gasteiger partial charge in [-0.15, -0.1) is 11.6 Å². The number of carbonyl (C=O) groups is 1. The van der Waals surface area contributed by atoms with Crippen molar-refractivity contribution in [2.75, 3.05) is 12.5 Å². The first-order valence-electron chi connectivity index (χ1n) is 7.55. The largest absolute Gasteiger partial charge is 0.458 e. The molecule has 0 unspecified atom stereocenters. The van der Waals surface area contributed by atoms with Crippen LogP contribution in [-0.2, 0) is 23.7 Å². The summed E-state index contributed by atoms with van der Waals surface area (Å²) in [7, 11) is 0. The van der Waals surface area contributed by atoms with Gasteiger partial charge in [-0.1, -0.05) is 35.4 Å². The number of hydrogen-bond acceptors (Lipinski definition) is 6. The predicted octanol–water partition coefficient (Wildman–Crippen LogP) is 2.62. The van der Waals surface area contributed by atoms with Crippen LogP contribution in [0, 0.1) is 0 Å². The van der Waals surface area contributed by atoms with E-state index in [1.165, 1.54) is 0 Å². The Morgan fingerprint density at radius 1 is 1.40 bits per heavy atom. The Balaban J connectivity index is 1.85. The van der Waals surface area contributed by atoms with Gasteiger partial charge in [0.05, 0.1) is 6.61 Å². The fraction of sp³-hybridized carbons (Fsp3) is 0.533. The van der Waals surface area contributed by atoms with Crippen LogP contribution in [0.5, 0.6) is 0 Å². The zero-order chi connectivity index (χ0) is 17.8. The molecule has 10 heteroatoms. The van der Waals surface area contributed by atoms with E-state index in [9.17, 15) is 9.18 Å². The van der Waals surface area contributed by atoms with E-state index in [1.54, 1.807) is 12.1 Å². The maximum Gasteiger partial charge on any atom is 0.321 e. The third-order valence-electron chi connectivity index (χ3n) is 3.93. The van der Waals surface area contributed by atoms with E-state index < -0.39 is 48.9 Å². The van der Waals surface area contributed by atoms with E-state index in [-0.39, 0.29) is 6.61 Å². The summed E-state index contributed by atoms with van der Waals surface area (Å²) in [5.74, 6) is -1.20. The molecule has 0 spiro atoms. The van der Waals surface area contributed by atoms with E-state index in [4.69, 9.17) is 36.1 Å². The number of rotatable bonds is 4. The van der Waals surface area contributed by atoms with Gasteiger partial charge in [0, 0.05) is 10.5 Å². The van der Waals surface area contributed by atoms with Crippen molar-refractivity contribution in [1.82, 2.24) is 0 Å². The van der Waals surface area contributed by atoms with Gasteiger partial charge in [0.15, 0.2) is 6.29 Å². The number of azide groups is 1. The molecule has 0 saturated carbocycles. The Kier molecular flexibility index (Phi) is 5.72. The third kappa shape index (κ3) is 3.86. The average molecular weight is 372 g/mol. The first-order chi connectivity index (χ1) is 12.1. The van der Waals surface area contributed by atoms with Gasteiger partial charge in [0.1, 0.15) is 30.2 Å². The Hall–Kier alpha value is -1.90. The summed E-state index contributed by atoms with van der Waals surface area (Å²) in [6, 6.07) is 7.70. The first-order valence-corrected chi connectivity index (χ1v) is 8.08. The van der Waals surface area contributed by atoms with Crippen molar-refractivity contribution in [2.24, 2.45) is 5.11 Å². The standard InChI is InChI=1S/C15H15ClFN3O5/c16-6-10(21)24-13-11(19-20-18)14(17)23-9-7-22-15(25-12(9)13)8-4-2-1-3-5-8/h1-5,9,11-15H,6-7H2/t9-,11-,12+,13-,14+,15+/m1/s1. The second-order valence-electron chi connectivity index (χ2n) is 5.49. The molecule has 0 aliphatic carbocycles. The third-order valence-corrected chi connectivity index (χ3v) is 4.14. The summed E-state index contributed by atoms with van der Waals surface area (Å²) in [4.78, 5) is 14.2. The molecule has 0 N–H and O–H groups in total. The number of alkyl halides is 2. The minimum absolute atomic E-state index is 0.0303. The number of benzene rings is 1. The van der Waals surface area contributed by atoms with Crippen LogP contribution in [0.2, 0.25) is 0 Å². The number of hydrogen-bond donors (Lipinski definition) is 0. The Bertz CT molecular complexity index is 660. The van der Waals surface area contributed by atoms with Crippen molar-refractivity contribution in [3.63, 3.8) is 0 Å². The van der Waals surface area contributed by atoms with Crippen LogP contribution in [0.25, 0.3) is 10.4 Å². The number of nitrogens with zero attached hydrogens (tertiary/aromatic N) is 3. The van der Waals surface area contributed by atoms with E-state index in [0.717, 1.165) is 5.56 Å². The molecule has 1 aromatic carbocycles. The molecule has 8 nitrogen and oxygen atoms in total. The minimum Gasteiger partial charge on any atom is -0.458 e. The molecule has 1 aromatic rings. The molecule has 3 rings (SSSR count). The fourth-order valence-corrected chi connectivity index (χ4v) is 2.89. The Labute approximate surface area is 147 Å². The summed E-state index contributed by atoms with van der Waals surface area (Å²) >= 11 is 5.46. The molecule has 2 heterocycles. The van der Waals surface area contributed by atoms with Crippen LogP contribution in [0.4, 0.5) is 4.39 Å². The number of carbonyl (C=O) groups excluding carboxylic acids is 1. The van der Waals surface area contributed by atoms with Gasteiger partial charge >= 0.3 is 5.97 Å². The van der Waals surface area contributed by atoms with Crippen molar-refractivity contribution in [3.8, 4) is 0 Å². The topological polar surface area (TPSA) is 103 Å². The maximum absolute atomic E-state index is 14.2. The molecule has 0 bridgehead atoms. The molecule has 6 atom stereocenters. The van der Waals surface area contributed by atoms with Crippen molar-refractivity contribution in [1.29, 1.82) is 0 Å². The number of fused-ring (bicyclic) bond motifs is 1. The molecule has 0 radical (unpaired) electrons. The van der Waals surface area contributed by atoms with Gasteiger partial charge in [0.25, 0.3) is 0 Å². The monoisotopic (exact) mass is 371 g/mol. The maximum atomic E-state index is 14.2. The van der Waals surface area contributed by atoms with Crippen molar-refractivity contribution >= 4 is 17.6 Å². The lowest BCUT2D eigenvalue weighted by molar-refractivity contribution is -0.326. The molecule has 0 amide bonds. The summed E-state index contributed by atoms with van der Waals surface area (Å²) in [5, 5.41) is 3.36. The highest BCUT2D eigenvalue weighted by molar-refractivity contribution is 6.26. The van der Waals surface area contributed by atoms with Crippen molar-refractivity contribution in [2.45, 2.75) is 37.0 Å². The van der Waals surface area contributed by atoms with Crippen LogP contribution < -0.4 is 0 Å². The van der Waals surface area contributed by atoms with Gasteiger partial charge < -0.3 is 18.9 Å². The average Bonchev–Trinajstić information content (AvgIpc) is 2.64. The van der Waals surface area contributed by atoms with Gasteiger partial charge in [-0.05, 0) is 5.53 Å². The Morgan fingerprint density at radius 3 is 2.84 bits per heavy atom.